The third kappa shape index (κ3) is 4.73. The Balaban J connectivity index is 1.48. The van der Waals surface area contributed by atoms with Gasteiger partial charge in [-0.2, -0.15) is 0 Å². The number of rotatable bonds is 7. The molecule has 0 unspecified atom stereocenters. The van der Waals surface area contributed by atoms with Gasteiger partial charge in [0.25, 0.3) is 0 Å². The van der Waals surface area contributed by atoms with E-state index in [0.29, 0.717) is 40.0 Å². The largest absolute Gasteiger partial charge is 0.367 e. The predicted molar refractivity (Wildman–Crippen MR) is 141 cm³/mol. The van der Waals surface area contributed by atoms with E-state index < -0.39 is 0 Å². The van der Waals surface area contributed by atoms with Crippen molar-refractivity contribution in [3.63, 3.8) is 0 Å². The van der Waals surface area contributed by atoms with Gasteiger partial charge in [-0.3, -0.25) is 9.78 Å². The van der Waals surface area contributed by atoms with Crippen LogP contribution >= 0.6 is 0 Å². The lowest BCUT2D eigenvalue weighted by atomic mass is 10.1. The molecule has 2 N–H and O–H groups in total. The summed E-state index contributed by atoms with van der Waals surface area (Å²) >= 11 is 0. The molecule has 0 spiro atoms. The molecular formula is C27H26FN7O. The average Bonchev–Trinajstić information content (AvgIpc) is 2.86. The summed E-state index contributed by atoms with van der Waals surface area (Å²) in [4.78, 5) is 30.0. The molecule has 8 nitrogen and oxygen atoms in total. The van der Waals surface area contributed by atoms with Crippen LogP contribution in [0.2, 0.25) is 0 Å². The monoisotopic (exact) mass is 483 g/mol. The van der Waals surface area contributed by atoms with E-state index in [1.165, 1.54) is 18.2 Å². The number of hydrogen-bond donors (Lipinski definition) is 2. The molecule has 4 aromatic rings. The van der Waals surface area contributed by atoms with E-state index in [0.717, 1.165) is 24.3 Å². The van der Waals surface area contributed by atoms with Gasteiger partial charge in [-0.05, 0) is 55.1 Å². The molecule has 182 valence electrons. The van der Waals surface area contributed by atoms with Gasteiger partial charge in [0.05, 0.1) is 23.6 Å². The molecule has 2 aromatic carbocycles. The number of halogens is 1. The molecule has 1 aliphatic heterocycles. The van der Waals surface area contributed by atoms with Crippen molar-refractivity contribution >= 4 is 40.0 Å². The number of anilines is 4. The van der Waals surface area contributed by atoms with E-state index in [1.54, 1.807) is 24.5 Å². The van der Waals surface area contributed by atoms with E-state index in [1.807, 2.05) is 31.3 Å². The number of pyridine rings is 1. The molecule has 0 bridgehead atoms. The summed E-state index contributed by atoms with van der Waals surface area (Å²) in [7, 11) is 4.10. The Labute approximate surface area is 208 Å². The van der Waals surface area contributed by atoms with Crippen LogP contribution in [0.5, 0.6) is 0 Å². The minimum absolute atomic E-state index is 0.291. The molecule has 0 radical (unpaired) electrons. The molecule has 5 rings (SSSR count). The van der Waals surface area contributed by atoms with Crippen LogP contribution in [0.15, 0.2) is 73.6 Å². The Morgan fingerprint density at radius 2 is 2.03 bits per heavy atom. The van der Waals surface area contributed by atoms with Gasteiger partial charge in [0.1, 0.15) is 16.9 Å². The maximum absolute atomic E-state index is 13.9. The third-order valence-corrected chi connectivity index (χ3v) is 6.28. The number of fused-ring (bicyclic) bond motifs is 1. The number of amides is 1. The zero-order chi connectivity index (χ0) is 25.2. The zero-order valence-electron chi connectivity index (χ0n) is 20.1. The highest BCUT2D eigenvalue weighted by molar-refractivity contribution is 6.02. The van der Waals surface area contributed by atoms with Crippen LogP contribution in [0.4, 0.5) is 27.4 Å². The SMILES string of the molecule is C=CC(=O)Nc1cc(Nc2ncc3nccc(-c4cccc(F)c4)c3n2)ccc1N(C)C1CN(C)C1. The van der Waals surface area contributed by atoms with Gasteiger partial charge in [0.2, 0.25) is 11.9 Å². The first-order valence-electron chi connectivity index (χ1n) is 11.5. The summed E-state index contributed by atoms with van der Waals surface area (Å²) < 4.78 is 13.9. The number of nitrogens with one attached hydrogen (secondary N) is 2. The molecule has 0 atom stereocenters. The second-order valence-corrected chi connectivity index (χ2v) is 8.83. The number of hydrogen-bond acceptors (Lipinski definition) is 7. The van der Waals surface area contributed by atoms with Crippen molar-refractivity contribution in [1.29, 1.82) is 0 Å². The molecule has 36 heavy (non-hydrogen) atoms. The summed E-state index contributed by atoms with van der Waals surface area (Å²) in [5.74, 6) is -0.256. The van der Waals surface area contributed by atoms with Crippen molar-refractivity contribution in [3.8, 4) is 11.1 Å². The van der Waals surface area contributed by atoms with Gasteiger partial charge in [0, 0.05) is 37.6 Å². The number of carbonyl (C=O) groups is 1. The second kappa shape index (κ2) is 9.71. The van der Waals surface area contributed by atoms with Crippen LogP contribution in [-0.4, -0.2) is 59.0 Å². The summed E-state index contributed by atoms with van der Waals surface area (Å²) in [5, 5.41) is 6.13. The highest BCUT2D eigenvalue weighted by Gasteiger charge is 2.28. The maximum atomic E-state index is 13.9. The van der Waals surface area contributed by atoms with Crippen molar-refractivity contribution in [3.05, 3.63) is 79.4 Å². The van der Waals surface area contributed by atoms with Gasteiger partial charge in [-0.1, -0.05) is 18.7 Å². The van der Waals surface area contributed by atoms with Crippen LogP contribution in [0.3, 0.4) is 0 Å². The van der Waals surface area contributed by atoms with Gasteiger partial charge < -0.3 is 20.4 Å². The Bertz CT molecular complexity index is 1450. The highest BCUT2D eigenvalue weighted by atomic mass is 19.1. The maximum Gasteiger partial charge on any atom is 0.247 e. The second-order valence-electron chi connectivity index (χ2n) is 8.83. The van der Waals surface area contributed by atoms with E-state index in [-0.39, 0.29) is 11.7 Å². The lowest BCUT2D eigenvalue weighted by Crippen LogP contribution is -2.56. The zero-order valence-corrected chi connectivity index (χ0v) is 20.1. The molecule has 0 aliphatic carbocycles. The fraction of sp³-hybridized carbons (Fsp3) is 0.185. The summed E-state index contributed by atoms with van der Waals surface area (Å²) in [5.41, 5.74) is 4.93. The molecular weight excluding hydrogens is 457 g/mol. The first kappa shape index (κ1) is 23.4. The quantitative estimate of drug-likeness (QED) is 0.376. The lowest BCUT2D eigenvalue weighted by Gasteiger charge is -2.43. The van der Waals surface area contributed by atoms with E-state index in [9.17, 15) is 9.18 Å². The first-order chi connectivity index (χ1) is 17.4. The van der Waals surface area contributed by atoms with E-state index >= 15 is 0 Å². The van der Waals surface area contributed by atoms with E-state index in [2.05, 4.69) is 49.0 Å². The summed E-state index contributed by atoms with van der Waals surface area (Å²) in [6, 6.07) is 14.3. The number of likely N-dealkylation sites (N-methyl/N-ethyl adjacent to an activating group) is 2. The van der Waals surface area contributed by atoms with Crippen molar-refractivity contribution in [2.75, 3.05) is 42.7 Å². The standard InChI is InChI=1S/C27H26FN7O/c1-4-25(36)32-22-13-19(8-9-24(22)35(3)20-15-34(2)16-20)31-27-30-14-23-26(33-27)21(10-11-29-23)17-6-5-7-18(28)12-17/h4-14,20H,1,15-16H2,2-3H3,(H,32,36)(H,30,31,33). The Kier molecular flexibility index (Phi) is 6.30. The fourth-order valence-electron chi connectivity index (χ4n) is 4.33. The van der Waals surface area contributed by atoms with Gasteiger partial charge in [-0.25, -0.2) is 14.4 Å². The van der Waals surface area contributed by atoms with Crippen molar-refractivity contribution in [2.45, 2.75) is 6.04 Å². The first-order valence-corrected chi connectivity index (χ1v) is 11.5. The van der Waals surface area contributed by atoms with Crippen LogP contribution in [0, 0.1) is 5.82 Å². The Morgan fingerprint density at radius 3 is 2.78 bits per heavy atom. The van der Waals surface area contributed by atoms with Crippen LogP contribution in [0.25, 0.3) is 22.2 Å². The Hall–Kier alpha value is -4.37. The molecule has 1 saturated heterocycles. The summed E-state index contributed by atoms with van der Waals surface area (Å²) in [6.45, 7) is 5.48. The van der Waals surface area contributed by atoms with Gasteiger partial charge in [0.15, 0.2) is 0 Å². The minimum Gasteiger partial charge on any atom is -0.367 e. The van der Waals surface area contributed by atoms with Crippen LogP contribution in [-0.2, 0) is 4.79 Å². The van der Waals surface area contributed by atoms with Crippen LogP contribution in [0.1, 0.15) is 0 Å². The minimum atomic E-state index is -0.322. The molecule has 1 aliphatic rings. The van der Waals surface area contributed by atoms with Crippen molar-refractivity contribution in [1.82, 2.24) is 19.9 Å². The van der Waals surface area contributed by atoms with Crippen molar-refractivity contribution in [2.24, 2.45) is 0 Å². The fourth-order valence-corrected chi connectivity index (χ4v) is 4.33. The number of carbonyl (C=O) groups excluding carboxylic acids is 1. The predicted octanol–water partition coefficient (Wildman–Crippen LogP) is 4.45. The molecule has 2 aromatic heterocycles. The molecule has 1 fully saturated rings. The summed E-state index contributed by atoms with van der Waals surface area (Å²) in [6.07, 6.45) is 4.53. The lowest BCUT2D eigenvalue weighted by molar-refractivity contribution is -0.111. The Morgan fingerprint density at radius 1 is 1.19 bits per heavy atom. The van der Waals surface area contributed by atoms with Crippen LogP contribution < -0.4 is 15.5 Å². The smallest absolute Gasteiger partial charge is 0.247 e. The average molecular weight is 484 g/mol. The normalized spacial score (nSPS) is 13.8. The molecule has 3 heterocycles. The number of nitrogens with zero attached hydrogens (tertiary/aromatic N) is 5. The molecule has 0 saturated carbocycles. The van der Waals surface area contributed by atoms with Gasteiger partial charge >= 0.3 is 0 Å². The topological polar surface area (TPSA) is 86.3 Å². The van der Waals surface area contributed by atoms with Gasteiger partial charge in [-0.15, -0.1) is 0 Å². The van der Waals surface area contributed by atoms with E-state index in [4.69, 9.17) is 0 Å². The number of aromatic nitrogens is 3. The number of likely N-dealkylation sites (tertiary alicyclic amines) is 1. The van der Waals surface area contributed by atoms with Crippen molar-refractivity contribution < 1.29 is 9.18 Å². The molecule has 9 heteroatoms. The molecule has 1 amide bonds. The number of benzene rings is 2. The highest BCUT2D eigenvalue weighted by Crippen LogP contribution is 2.33. The third-order valence-electron chi connectivity index (χ3n) is 6.28.